The van der Waals surface area contributed by atoms with Crippen LogP contribution < -0.4 is 20.5 Å². The maximum Gasteiger partial charge on any atom is 0.223 e. The van der Waals surface area contributed by atoms with E-state index in [1.54, 1.807) is 14.0 Å². The Labute approximate surface area is 126 Å². The molecule has 0 saturated heterocycles. The molecule has 3 N–H and O–H groups in total. The molecule has 0 fully saturated rings. The number of hydrogen-bond acceptors (Lipinski definition) is 4. The molecule has 1 unspecified atom stereocenters. The lowest BCUT2D eigenvalue weighted by Gasteiger charge is -2.22. The molecule has 0 spiro atoms. The van der Waals surface area contributed by atoms with Crippen molar-refractivity contribution in [3.05, 3.63) is 23.8 Å². The Kier molecular flexibility index (Phi) is 6.03. The Balaban J connectivity index is 2.89. The highest BCUT2D eigenvalue weighted by molar-refractivity contribution is 5.76. The summed E-state index contributed by atoms with van der Waals surface area (Å²) in [5, 5.41) is 3.41. The average molecular weight is 294 g/mol. The zero-order valence-corrected chi connectivity index (χ0v) is 13.5. The normalized spacial score (nSPS) is 12.8. The summed E-state index contributed by atoms with van der Waals surface area (Å²) in [6.07, 6.45) is 0. The lowest BCUT2D eigenvalue weighted by atomic mass is 10.1. The molecule has 0 radical (unpaired) electrons. The number of carbonyl (C=O) groups is 1. The van der Waals surface area contributed by atoms with Crippen molar-refractivity contribution in [2.75, 3.05) is 13.7 Å². The fourth-order valence-electron chi connectivity index (χ4n) is 1.68. The van der Waals surface area contributed by atoms with E-state index in [1.165, 1.54) is 0 Å². The molecule has 0 bridgehead atoms. The molecule has 1 aromatic rings. The fraction of sp³-hybridized carbons (Fsp3) is 0.562. The highest BCUT2D eigenvalue weighted by atomic mass is 16.5. The first-order valence-electron chi connectivity index (χ1n) is 7.07. The maximum absolute atomic E-state index is 11.1. The van der Waals surface area contributed by atoms with Crippen molar-refractivity contribution in [1.29, 1.82) is 0 Å². The zero-order valence-electron chi connectivity index (χ0n) is 13.5. The van der Waals surface area contributed by atoms with Crippen LogP contribution in [-0.4, -0.2) is 25.2 Å². The van der Waals surface area contributed by atoms with Crippen LogP contribution in [-0.2, 0) is 11.3 Å². The highest BCUT2D eigenvalue weighted by Crippen LogP contribution is 2.31. The van der Waals surface area contributed by atoms with Gasteiger partial charge in [-0.25, -0.2) is 0 Å². The number of primary amides is 1. The zero-order chi connectivity index (χ0) is 16.0. The number of methoxy groups -OCH3 is 1. The summed E-state index contributed by atoms with van der Waals surface area (Å²) in [6, 6.07) is 5.74. The third kappa shape index (κ3) is 5.63. The Bertz CT molecular complexity index is 481. The Hall–Kier alpha value is -1.75. The van der Waals surface area contributed by atoms with Crippen LogP contribution in [0, 0.1) is 5.92 Å². The monoisotopic (exact) mass is 294 g/mol. The van der Waals surface area contributed by atoms with Crippen LogP contribution in [0.3, 0.4) is 0 Å². The van der Waals surface area contributed by atoms with E-state index in [9.17, 15) is 4.79 Å². The van der Waals surface area contributed by atoms with Gasteiger partial charge < -0.3 is 20.5 Å². The molecule has 1 aromatic carbocycles. The first-order valence-corrected chi connectivity index (χ1v) is 7.07. The number of nitrogens with one attached hydrogen (secondary N) is 1. The van der Waals surface area contributed by atoms with Crippen LogP contribution >= 0.6 is 0 Å². The van der Waals surface area contributed by atoms with Crippen LogP contribution in [0.5, 0.6) is 11.5 Å². The third-order valence-electron chi connectivity index (χ3n) is 3.05. The van der Waals surface area contributed by atoms with E-state index < -0.39 is 0 Å². The molecular weight excluding hydrogens is 268 g/mol. The van der Waals surface area contributed by atoms with E-state index in [0.29, 0.717) is 18.0 Å². The number of benzene rings is 1. The van der Waals surface area contributed by atoms with Gasteiger partial charge >= 0.3 is 0 Å². The van der Waals surface area contributed by atoms with E-state index in [2.05, 4.69) is 26.1 Å². The van der Waals surface area contributed by atoms with Gasteiger partial charge in [0.05, 0.1) is 19.6 Å². The molecule has 0 aromatic heterocycles. The summed E-state index contributed by atoms with van der Waals surface area (Å²) in [5.41, 5.74) is 6.25. The third-order valence-corrected chi connectivity index (χ3v) is 3.05. The Morgan fingerprint density at radius 2 is 2.05 bits per heavy atom. The second kappa shape index (κ2) is 7.31. The molecule has 1 rings (SSSR count). The van der Waals surface area contributed by atoms with E-state index in [0.717, 1.165) is 5.56 Å². The SMILES string of the molecule is COc1cccc(CNC(C)(C)C)c1OCC(C)C(N)=O. The smallest absolute Gasteiger partial charge is 0.223 e. The minimum Gasteiger partial charge on any atom is -0.493 e. The second-order valence-corrected chi connectivity index (χ2v) is 6.17. The van der Waals surface area contributed by atoms with Crippen molar-refractivity contribution in [2.24, 2.45) is 11.7 Å². The van der Waals surface area contributed by atoms with Crippen LogP contribution in [0.4, 0.5) is 0 Å². The average Bonchev–Trinajstić information content (AvgIpc) is 2.41. The van der Waals surface area contributed by atoms with Gasteiger partial charge in [0.15, 0.2) is 11.5 Å². The summed E-state index contributed by atoms with van der Waals surface area (Å²) in [7, 11) is 1.60. The van der Waals surface area contributed by atoms with Crippen LogP contribution in [0.2, 0.25) is 0 Å². The van der Waals surface area contributed by atoms with E-state index >= 15 is 0 Å². The molecule has 0 heterocycles. The molecule has 1 atom stereocenters. The van der Waals surface area contributed by atoms with Crippen molar-refractivity contribution in [3.63, 3.8) is 0 Å². The summed E-state index contributed by atoms with van der Waals surface area (Å²) >= 11 is 0. The van der Waals surface area contributed by atoms with Gasteiger partial charge in [-0.05, 0) is 26.8 Å². The van der Waals surface area contributed by atoms with Gasteiger partial charge in [0, 0.05) is 17.6 Å². The van der Waals surface area contributed by atoms with Crippen molar-refractivity contribution >= 4 is 5.91 Å². The lowest BCUT2D eigenvalue weighted by Crippen LogP contribution is -2.35. The second-order valence-electron chi connectivity index (χ2n) is 6.17. The first-order chi connectivity index (χ1) is 9.74. The predicted octanol–water partition coefficient (Wildman–Crippen LogP) is 2.08. The fourth-order valence-corrected chi connectivity index (χ4v) is 1.68. The number of hydrogen-bond donors (Lipinski definition) is 2. The number of rotatable bonds is 7. The van der Waals surface area contributed by atoms with E-state index in [1.807, 2.05) is 18.2 Å². The summed E-state index contributed by atoms with van der Waals surface area (Å²) in [5.74, 6) is 0.585. The standard InChI is InChI=1S/C16H26N2O3/c1-11(15(17)19)10-21-14-12(9-18-16(2,3)4)7-6-8-13(14)20-5/h6-8,11,18H,9-10H2,1-5H3,(H2,17,19). The molecule has 21 heavy (non-hydrogen) atoms. The minimum atomic E-state index is -0.376. The molecule has 118 valence electrons. The van der Waals surface area contributed by atoms with Crippen LogP contribution in [0.1, 0.15) is 33.3 Å². The number of amides is 1. The Morgan fingerprint density at radius 1 is 1.38 bits per heavy atom. The van der Waals surface area contributed by atoms with Crippen molar-refractivity contribution < 1.29 is 14.3 Å². The maximum atomic E-state index is 11.1. The lowest BCUT2D eigenvalue weighted by molar-refractivity contribution is -0.122. The van der Waals surface area contributed by atoms with Crippen LogP contribution in [0.15, 0.2) is 18.2 Å². The van der Waals surface area contributed by atoms with Gasteiger partial charge in [0.2, 0.25) is 5.91 Å². The molecule has 0 aliphatic heterocycles. The summed E-state index contributed by atoms with van der Waals surface area (Å²) < 4.78 is 11.1. The highest BCUT2D eigenvalue weighted by Gasteiger charge is 2.16. The van der Waals surface area contributed by atoms with Gasteiger partial charge in [-0.15, -0.1) is 0 Å². The molecule has 1 amide bonds. The van der Waals surface area contributed by atoms with Gasteiger partial charge in [-0.3, -0.25) is 4.79 Å². The van der Waals surface area contributed by atoms with E-state index in [4.69, 9.17) is 15.2 Å². The van der Waals surface area contributed by atoms with Crippen molar-refractivity contribution in [3.8, 4) is 11.5 Å². The van der Waals surface area contributed by atoms with Crippen molar-refractivity contribution in [1.82, 2.24) is 5.32 Å². The van der Waals surface area contributed by atoms with Crippen LogP contribution in [0.25, 0.3) is 0 Å². The molecule has 5 nitrogen and oxygen atoms in total. The van der Waals surface area contributed by atoms with Gasteiger partial charge in [-0.2, -0.15) is 0 Å². The quantitative estimate of drug-likeness (QED) is 0.807. The largest absolute Gasteiger partial charge is 0.493 e. The number of ether oxygens (including phenoxy) is 2. The number of carbonyl (C=O) groups excluding carboxylic acids is 1. The van der Waals surface area contributed by atoms with Crippen molar-refractivity contribution in [2.45, 2.75) is 39.8 Å². The van der Waals surface area contributed by atoms with E-state index in [-0.39, 0.29) is 24.0 Å². The summed E-state index contributed by atoms with van der Waals surface area (Å²) in [6.45, 7) is 8.93. The topological polar surface area (TPSA) is 73.6 Å². The first kappa shape index (κ1) is 17.3. The minimum absolute atomic E-state index is 0.000856. The number of para-hydroxylation sites is 1. The molecule has 0 aliphatic rings. The summed E-state index contributed by atoms with van der Waals surface area (Å²) in [4.78, 5) is 11.1. The number of nitrogens with two attached hydrogens (primary N) is 1. The Morgan fingerprint density at radius 3 is 2.57 bits per heavy atom. The molecular formula is C16H26N2O3. The molecule has 0 saturated carbocycles. The molecule has 0 aliphatic carbocycles. The predicted molar refractivity (Wildman–Crippen MR) is 83.4 cm³/mol. The van der Waals surface area contributed by atoms with Gasteiger partial charge in [0.25, 0.3) is 0 Å². The van der Waals surface area contributed by atoms with Gasteiger partial charge in [-0.1, -0.05) is 19.1 Å². The van der Waals surface area contributed by atoms with Gasteiger partial charge in [0.1, 0.15) is 0 Å². The molecule has 5 heteroatoms.